The predicted molar refractivity (Wildman–Crippen MR) is 71.7 cm³/mol. The van der Waals surface area contributed by atoms with E-state index in [4.69, 9.17) is 14.3 Å². The number of nitrogens with one attached hydrogen (secondary N) is 1. The number of para-hydroxylation sites is 1. The summed E-state index contributed by atoms with van der Waals surface area (Å²) in [7, 11) is 1.37. The van der Waals surface area contributed by atoms with Crippen molar-refractivity contribution in [3.63, 3.8) is 0 Å². The molecule has 20 heavy (non-hydrogen) atoms. The van der Waals surface area contributed by atoms with Crippen molar-refractivity contribution >= 4 is 22.8 Å². The minimum Gasteiger partial charge on any atom is -0.480 e. The lowest BCUT2D eigenvalue weighted by Crippen LogP contribution is -2.43. The van der Waals surface area contributed by atoms with Crippen molar-refractivity contribution in [2.45, 2.75) is 13.0 Å². The number of carbonyl (C=O) groups excluding carboxylic acids is 1. The molecule has 1 aromatic carbocycles. The largest absolute Gasteiger partial charge is 0.480 e. The SMILES string of the molecule is COCC(NC(=O)c1cc2cccc(C)c2o1)C(=O)O. The van der Waals surface area contributed by atoms with Gasteiger partial charge in [-0.15, -0.1) is 0 Å². The zero-order valence-electron chi connectivity index (χ0n) is 11.2. The molecule has 0 aliphatic rings. The molecule has 2 N–H and O–H groups in total. The molecule has 0 radical (unpaired) electrons. The quantitative estimate of drug-likeness (QED) is 0.866. The molecule has 0 bridgehead atoms. The number of aryl methyl sites for hydroxylation is 1. The van der Waals surface area contributed by atoms with Crippen LogP contribution < -0.4 is 5.32 Å². The van der Waals surface area contributed by atoms with Crippen LogP contribution in [0.4, 0.5) is 0 Å². The van der Waals surface area contributed by atoms with Crippen LogP contribution in [0.1, 0.15) is 16.1 Å². The van der Waals surface area contributed by atoms with Gasteiger partial charge in [0.05, 0.1) is 6.61 Å². The van der Waals surface area contributed by atoms with Crippen molar-refractivity contribution in [3.05, 3.63) is 35.6 Å². The zero-order chi connectivity index (χ0) is 14.7. The van der Waals surface area contributed by atoms with Crippen molar-refractivity contribution in [2.24, 2.45) is 0 Å². The number of carbonyl (C=O) groups is 2. The Balaban J connectivity index is 2.22. The van der Waals surface area contributed by atoms with E-state index in [0.29, 0.717) is 5.58 Å². The van der Waals surface area contributed by atoms with Gasteiger partial charge in [-0.05, 0) is 18.6 Å². The Bertz CT molecular complexity index is 646. The Morgan fingerprint density at radius 2 is 2.20 bits per heavy atom. The molecule has 2 aromatic rings. The van der Waals surface area contributed by atoms with Gasteiger partial charge in [-0.2, -0.15) is 0 Å². The summed E-state index contributed by atoms with van der Waals surface area (Å²) >= 11 is 0. The Morgan fingerprint density at radius 3 is 2.80 bits per heavy atom. The highest BCUT2D eigenvalue weighted by Crippen LogP contribution is 2.22. The second-order valence-electron chi connectivity index (χ2n) is 4.42. The van der Waals surface area contributed by atoms with Gasteiger partial charge in [0.1, 0.15) is 5.58 Å². The first kappa shape index (κ1) is 14.1. The number of ether oxygens (including phenoxy) is 1. The summed E-state index contributed by atoms with van der Waals surface area (Å²) in [6.45, 7) is 1.76. The van der Waals surface area contributed by atoms with Crippen LogP contribution >= 0.6 is 0 Å². The first-order valence-corrected chi connectivity index (χ1v) is 6.04. The molecule has 106 valence electrons. The number of furan rings is 1. The highest BCUT2D eigenvalue weighted by molar-refractivity contribution is 5.98. The number of hydrogen-bond acceptors (Lipinski definition) is 4. The smallest absolute Gasteiger partial charge is 0.328 e. The number of methoxy groups -OCH3 is 1. The summed E-state index contributed by atoms with van der Waals surface area (Å²) in [5, 5.41) is 12.1. The lowest BCUT2D eigenvalue weighted by molar-refractivity contribution is -0.140. The molecular weight excluding hydrogens is 262 g/mol. The van der Waals surface area contributed by atoms with Gasteiger partial charge in [0, 0.05) is 12.5 Å². The predicted octanol–water partition coefficient (Wildman–Crippen LogP) is 1.57. The van der Waals surface area contributed by atoms with Gasteiger partial charge in [0.15, 0.2) is 11.8 Å². The van der Waals surface area contributed by atoms with E-state index in [1.165, 1.54) is 7.11 Å². The molecule has 0 fully saturated rings. The van der Waals surface area contributed by atoms with Crippen LogP contribution in [0.3, 0.4) is 0 Å². The molecule has 0 saturated carbocycles. The molecule has 2 rings (SSSR count). The summed E-state index contributed by atoms with van der Waals surface area (Å²) in [6, 6.07) is 6.04. The van der Waals surface area contributed by atoms with Gasteiger partial charge in [-0.3, -0.25) is 4.79 Å². The summed E-state index contributed by atoms with van der Waals surface area (Å²) in [5.74, 6) is -1.66. The number of rotatable bonds is 5. The van der Waals surface area contributed by atoms with Crippen LogP contribution in [0, 0.1) is 6.92 Å². The maximum atomic E-state index is 12.0. The second kappa shape index (κ2) is 5.75. The second-order valence-corrected chi connectivity index (χ2v) is 4.42. The zero-order valence-corrected chi connectivity index (χ0v) is 11.2. The van der Waals surface area contributed by atoms with E-state index in [0.717, 1.165) is 10.9 Å². The fourth-order valence-electron chi connectivity index (χ4n) is 1.89. The van der Waals surface area contributed by atoms with Crippen molar-refractivity contribution in [1.82, 2.24) is 5.32 Å². The minimum absolute atomic E-state index is 0.0802. The van der Waals surface area contributed by atoms with Gasteiger partial charge in [-0.1, -0.05) is 18.2 Å². The lowest BCUT2D eigenvalue weighted by atomic mass is 10.2. The van der Waals surface area contributed by atoms with E-state index in [1.807, 2.05) is 25.1 Å². The van der Waals surface area contributed by atoms with Crippen molar-refractivity contribution in [2.75, 3.05) is 13.7 Å². The first-order valence-electron chi connectivity index (χ1n) is 6.04. The van der Waals surface area contributed by atoms with E-state index < -0.39 is 17.9 Å². The van der Waals surface area contributed by atoms with E-state index in [-0.39, 0.29) is 12.4 Å². The van der Waals surface area contributed by atoms with Gasteiger partial charge in [-0.25, -0.2) is 4.79 Å². The van der Waals surface area contributed by atoms with Gasteiger partial charge < -0.3 is 19.6 Å². The van der Waals surface area contributed by atoms with E-state index in [1.54, 1.807) is 6.07 Å². The van der Waals surface area contributed by atoms with E-state index in [9.17, 15) is 9.59 Å². The molecular formula is C14H15NO5. The molecule has 1 unspecified atom stereocenters. The highest BCUT2D eigenvalue weighted by Gasteiger charge is 2.22. The number of fused-ring (bicyclic) bond motifs is 1. The first-order chi connectivity index (χ1) is 9.52. The molecule has 6 nitrogen and oxygen atoms in total. The molecule has 0 aliphatic carbocycles. The van der Waals surface area contributed by atoms with Crippen molar-refractivity contribution in [3.8, 4) is 0 Å². The Hall–Kier alpha value is -2.34. The fourth-order valence-corrected chi connectivity index (χ4v) is 1.89. The lowest BCUT2D eigenvalue weighted by Gasteiger charge is -2.11. The number of carboxylic acid groups (broad SMARTS) is 1. The monoisotopic (exact) mass is 277 g/mol. The van der Waals surface area contributed by atoms with Crippen LogP contribution in [0.25, 0.3) is 11.0 Å². The topological polar surface area (TPSA) is 88.8 Å². The summed E-state index contributed by atoms with van der Waals surface area (Å²) in [5.41, 5.74) is 1.53. The third kappa shape index (κ3) is 2.80. The third-order valence-corrected chi connectivity index (χ3v) is 2.90. The molecule has 1 heterocycles. The minimum atomic E-state index is -1.16. The molecule has 1 aromatic heterocycles. The molecule has 0 aliphatic heterocycles. The number of amides is 1. The third-order valence-electron chi connectivity index (χ3n) is 2.90. The van der Waals surface area contributed by atoms with Gasteiger partial charge in [0.2, 0.25) is 0 Å². The number of benzene rings is 1. The molecule has 1 amide bonds. The maximum Gasteiger partial charge on any atom is 0.328 e. The number of aliphatic carboxylic acids is 1. The highest BCUT2D eigenvalue weighted by atomic mass is 16.5. The van der Waals surface area contributed by atoms with Crippen molar-refractivity contribution in [1.29, 1.82) is 0 Å². The van der Waals surface area contributed by atoms with Crippen LogP contribution in [0.5, 0.6) is 0 Å². The summed E-state index contributed by atoms with van der Waals surface area (Å²) < 4.78 is 10.2. The molecule has 6 heteroatoms. The average Bonchev–Trinajstić information content (AvgIpc) is 2.83. The standard InChI is InChI=1S/C14H15NO5/c1-8-4-3-5-9-6-11(20-12(8)9)13(16)15-10(7-19-2)14(17)18/h3-6,10H,7H2,1-2H3,(H,15,16)(H,17,18). The summed E-state index contributed by atoms with van der Waals surface area (Å²) in [6.07, 6.45) is 0. The molecule has 0 spiro atoms. The van der Waals surface area contributed by atoms with Crippen molar-refractivity contribution < 1.29 is 23.8 Å². The van der Waals surface area contributed by atoms with Crippen LogP contribution in [0.2, 0.25) is 0 Å². The average molecular weight is 277 g/mol. The summed E-state index contributed by atoms with van der Waals surface area (Å²) in [4.78, 5) is 22.9. The van der Waals surface area contributed by atoms with Crippen LogP contribution in [-0.2, 0) is 9.53 Å². The number of hydrogen-bond donors (Lipinski definition) is 2. The molecule has 0 saturated heterocycles. The van der Waals surface area contributed by atoms with E-state index >= 15 is 0 Å². The van der Waals surface area contributed by atoms with Gasteiger partial charge >= 0.3 is 5.97 Å². The maximum absolute atomic E-state index is 12.0. The van der Waals surface area contributed by atoms with E-state index in [2.05, 4.69) is 5.32 Å². The Labute approximate surface area is 115 Å². The number of carboxylic acids is 1. The fraction of sp³-hybridized carbons (Fsp3) is 0.286. The van der Waals surface area contributed by atoms with Crippen LogP contribution in [-0.4, -0.2) is 36.7 Å². The van der Waals surface area contributed by atoms with Crippen LogP contribution in [0.15, 0.2) is 28.7 Å². The van der Waals surface area contributed by atoms with Gasteiger partial charge in [0.25, 0.3) is 5.91 Å². The molecule has 1 atom stereocenters. The normalized spacial score (nSPS) is 12.3. The Morgan fingerprint density at radius 1 is 1.45 bits per heavy atom. The Kier molecular flexibility index (Phi) is 4.05.